The van der Waals surface area contributed by atoms with Crippen molar-refractivity contribution in [3.8, 4) is 6.07 Å². The third-order valence-corrected chi connectivity index (χ3v) is 5.82. The fourth-order valence-electron chi connectivity index (χ4n) is 3.24. The molecule has 4 rings (SSSR count). The normalized spacial score (nSPS) is 14.7. The van der Waals surface area contributed by atoms with E-state index in [0.29, 0.717) is 29.5 Å². The van der Waals surface area contributed by atoms with Gasteiger partial charge in [-0.1, -0.05) is 35.4 Å². The van der Waals surface area contributed by atoms with E-state index in [1.807, 2.05) is 42.1 Å². The summed E-state index contributed by atoms with van der Waals surface area (Å²) in [6.45, 7) is 1.74. The van der Waals surface area contributed by atoms with Crippen molar-refractivity contribution in [2.24, 2.45) is 0 Å². The van der Waals surface area contributed by atoms with Gasteiger partial charge in [0.2, 0.25) is 5.89 Å². The van der Waals surface area contributed by atoms with Crippen LogP contribution in [-0.4, -0.2) is 40.7 Å². The number of nitrogens with zero attached hydrogens (tertiary/aromatic N) is 4. The van der Waals surface area contributed by atoms with Crippen molar-refractivity contribution in [3.05, 3.63) is 77.2 Å². The standard InChI is InChI=1S/C22H21N5O2S/c23-15-17-6-8-18(9-7-17)20(28)24-19(14-16-4-2-1-3-5-16)21-25-26-22(29-21)27-10-12-30-13-11-27/h1-9,19H,10-14H2,(H,24,28)/t19-/m1/s1. The Morgan fingerprint density at radius 2 is 1.87 bits per heavy atom. The summed E-state index contributed by atoms with van der Waals surface area (Å²) in [5.41, 5.74) is 2.03. The fourth-order valence-corrected chi connectivity index (χ4v) is 4.14. The fraction of sp³-hybridized carbons (Fsp3) is 0.273. The molecule has 8 heteroatoms. The summed E-state index contributed by atoms with van der Waals surface area (Å²) in [7, 11) is 0. The second-order valence-corrected chi connectivity index (χ2v) is 8.15. The summed E-state index contributed by atoms with van der Waals surface area (Å²) in [5, 5.41) is 20.4. The molecule has 3 aromatic rings. The summed E-state index contributed by atoms with van der Waals surface area (Å²) in [4.78, 5) is 14.9. The van der Waals surface area contributed by atoms with E-state index >= 15 is 0 Å². The Morgan fingerprint density at radius 1 is 1.13 bits per heavy atom. The number of carbonyl (C=O) groups excluding carboxylic acids is 1. The number of nitriles is 1. The van der Waals surface area contributed by atoms with Gasteiger partial charge < -0.3 is 14.6 Å². The molecular formula is C22H21N5O2S. The van der Waals surface area contributed by atoms with Gasteiger partial charge in [0.05, 0.1) is 11.6 Å². The van der Waals surface area contributed by atoms with E-state index in [1.54, 1.807) is 24.3 Å². The highest BCUT2D eigenvalue weighted by Crippen LogP contribution is 2.23. The largest absolute Gasteiger partial charge is 0.406 e. The number of rotatable bonds is 6. The molecule has 1 atom stereocenters. The van der Waals surface area contributed by atoms with Gasteiger partial charge >= 0.3 is 6.01 Å². The van der Waals surface area contributed by atoms with Crippen LogP contribution in [0.25, 0.3) is 0 Å². The average molecular weight is 420 g/mol. The van der Waals surface area contributed by atoms with Crippen molar-refractivity contribution < 1.29 is 9.21 Å². The van der Waals surface area contributed by atoms with Gasteiger partial charge in [-0.3, -0.25) is 4.79 Å². The molecule has 1 aromatic heterocycles. The number of benzene rings is 2. The highest BCUT2D eigenvalue weighted by molar-refractivity contribution is 7.99. The van der Waals surface area contributed by atoms with Crippen molar-refractivity contribution in [1.82, 2.24) is 15.5 Å². The van der Waals surface area contributed by atoms with Crippen LogP contribution in [-0.2, 0) is 6.42 Å². The monoisotopic (exact) mass is 419 g/mol. The molecule has 7 nitrogen and oxygen atoms in total. The molecule has 1 aliphatic rings. The lowest BCUT2D eigenvalue weighted by atomic mass is 10.0. The van der Waals surface area contributed by atoms with Crippen LogP contribution in [0.15, 0.2) is 59.0 Å². The Morgan fingerprint density at radius 3 is 2.57 bits per heavy atom. The van der Waals surface area contributed by atoms with Gasteiger partial charge in [-0.25, -0.2) is 0 Å². The molecule has 30 heavy (non-hydrogen) atoms. The molecule has 1 saturated heterocycles. The van der Waals surface area contributed by atoms with Crippen LogP contribution in [0.1, 0.15) is 33.4 Å². The lowest BCUT2D eigenvalue weighted by Gasteiger charge is -2.24. The van der Waals surface area contributed by atoms with Crippen molar-refractivity contribution >= 4 is 23.7 Å². The van der Waals surface area contributed by atoms with E-state index in [1.165, 1.54) is 0 Å². The maximum atomic E-state index is 12.8. The Labute approximate surface area is 179 Å². The van der Waals surface area contributed by atoms with E-state index in [-0.39, 0.29) is 5.91 Å². The maximum Gasteiger partial charge on any atom is 0.318 e. The summed E-state index contributed by atoms with van der Waals surface area (Å²) < 4.78 is 5.97. The predicted molar refractivity (Wildman–Crippen MR) is 115 cm³/mol. The molecule has 2 heterocycles. The van der Waals surface area contributed by atoms with Crippen LogP contribution in [0.4, 0.5) is 6.01 Å². The molecule has 0 unspecified atom stereocenters. The van der Waals surface area contributed by atoms with Gasteiger partial charge in [-0.05, 0) is 29.8 Å². The first-order chi connectivity index (χ1) is 14.7. The Hall–Kier alpha value is -3.31. The molecule has 0 aliphatic carbocycles. The lowest BCUT2D eigenvalue weighted by molar-refractivity contribution is 0.0930. The smallest absolute Gasteiger partial charge is 0.318 e. The molecular weight excluding hydrogens is 398 g/mol. The number of nitrogens with one attached hydrogen (secondary N) is 1. The first-order valence-electron chi connectivity index (χ1n) is 9.74. The van der Waals surface area contributed by atoms with Gasteiger partial charge in [0.25, 0.3) is 5.91 Å². The van der Waals surface area contributed by atoms with Crippen molar-refractivity contribution in [2.45, 2.75) is 12.5 Å². The van der Waals surface area contributed by atoms with E-state index in [0.717, 1.165) is 30.2 Å². The maximum absolute atomic E-state index is 12.8. The summed E-state index contributed by atoms with van der Waals surface area (Å²) >= 11 is 1.91. The van der Waals surface area contributed by atoms with Crippen LogP contribution in [0.5, 0.6) is 0 Å². The lowest BCUT2D eigenvalue weighted by Crippen LogP contribution is -2.32. The SMILES string of the molecule is N#Cc1ccc(C(=O)N[C@H](Cc2ccccc2)c2nnc(N3CCSCC3)o2)cc1. The second-order valence-electron chi connectivity index (χ2n) is 6.93. The van der Waals surface area contributed by atoms with E-state index < -0.39 is 6.04 Å². The number of hydrogen-bond acceptors (Lipinski definition) is 7. The zero-order valence-electron chi connectivity index (χ0n) is 16.3. The zero-order chi connectivity index (χ0) is 20.8. The molecule has 0 spiro atoms. The van der Waals surface area contributed by atoms with Crippen LogP contribution in [0, 0.1) is 11.3 Å². The third-order valence-electron chi connectivity index (χ3n) is 4.87. The molecule has 152 valence electrons. The number of amides is 1. The van der Waals surface area contributed by atoms with E-state index in [4.69, 9.17) is 9.68 Å². The average Bonchev–Trinajstić information content (AvgIpc) is 3.30. The number of aromatic nitrogens is 2. The summed E-state index contributed by atoms with van der Waals surface area (Å²) in [6, 6.07) is 18.5. The van der Waals surface area contributed by atoms with Crippen molar-refractivity contribution in [1.29, 1.82) is 5.26 Å². The minimum Gasteiger partial charge on any atom is -0.406 e. The molecule has 0 bridgehead atoms. The minimum atomic E-state index is -0.462. The first kappa shape index (κ1) is 20.0. The Bertz CT molecular complexity index is 1020. The minimum absolute atomic E-state index is 0.255. The van der Waals surface area contributed by atoms with Gasteiger partial charge in [-0.2, -0.15) is 17.0 Å². The molecule has 0 saturated carbocycles. The van der Waals surface area contributed by atoms with Crippen molar-refractivity contribution in [2.75, 3.05) is 29.5 Å². The van der Waals surface area contributed by atoms with Gasteiger partial charge in [0.15, 0.2) is 0 Å². The Kier molecular flexibility index (Phi) is 6.30. The molecule has 1 fully saturated rings. The highest BCUT2D eigenvalue weighted by Gasteiger charge is 2.24. The number of carbonyl (C=O) groups is 1. The van der Waals surface area contributed by atoms with Gasteiger partial charge in [-0.15, -0.1) is 5.10 Å². The summed E-state index contributed by atoms with van der Waals surface area (Å²) in [6.07, 6.45) is 0.528. The quantitative estimate of drug-likeness (QED) is 0.655. The number of thioether (sulfide) groups is 1. The highest BCUT2D eigenvalue weighted by atomic mass is 32.2. The van der Waals surface area contributed by atoms with Gasteiger partial charge in [0.1, 0.15) is 6.04 Å². The van der Waals surface area contributed by atoms with Crippen molar-refractivity contribution in [3.63, 3.8) is 0 Å². The van der Waals surface area contributed by atoms with Crippen LogP contribution in [0.2, 0.25) is 0 Å². The second kappa shape index (κ2) is 9.46. The predicted octanol–water partition coefficient (Wildman–Crippen LogP) is 3.21. The van der Waals surface area contributed by atoms with Gasteiger partial charge in [0, 0.05) is 36.6 Å². The van der Waals surface area contributed by atoms with Crippen LogP contribution in [0.3, 0.4) is 0 Å². The summed E-state index contributed by atoms with van der Waals surface area (Å²) in [5.74, 6) is 2.19. The van der Waals surface area contributed by atoms with E-state index in [2.05, 4.69) is 26.5 Å². The Balaban J connectivity index is 1.55. The van der Waals surface area contributed by atoms with E-state index in [9.17, 15) is 4.79 Å². The number of anilines is 1. The zero-order valence-corrected chi connectivity index (χ0v) is 17.1. The molecule has 0 radical (unpaired) electrons. The molecule has 1 amide bonds. The van der Waals surface area contributed by atoms with Crippen LogP contribution < -0.4 is 10.2 Å². The topological polar surface area (TPSA) is 95.0 Å². The molecule has 1 N–H and O–H groups in total. The number of hydrogen-bond donors (Lipinski definition) is 1. The first-order valence-corrected chi connectivity index (χ1v) is 10.9. The molecule has 2 aromatic carbocycles. The van der Waals surface area contributed by atoms with Crippen LogP contribution >= 0.6 is 11.8 Å². The molecule has 1 aliphatic heterocycles. The third kappa shape index (κ3) is 4.81.